The number of allylic oxidation sites excluding steroid dienone is 3. The summed E-state index contributed by atoms with van der Waals surface area (Å²) in [4.78, 5) is 12.7. The van der Waals surface area contributed by atoms with Crippen LogP contribution in [0.4, 0.5) is 5.95 Å². The van der Waals surface area contributed by atoms with Crippen LogP contribution >= 0.6 is 23.4 Å². The molecule has 2 aliphatic carbocycles. The zero-order chi connectivity index (χ0) is 18.7. The third kappa shape index (κ3) is 4.26. The minimum absolute atomic E-state index is 0.138. The molecule has 0 radical (unpaired) electrons. The van der Waals surface area contributed by atoms with Crippen LogP contribution in [-0.4, -0.2) is 25.8 Å². The number of anilines is 1. The maximum absolute atomic E-state index is 12.7. The minimum atomic E-state index is -3.91. The van der Waals surface area contributed by atoms with E-state index >= 15 is 0 Å². The number of sulfone groups is 1. The number of nitriles is 1. The van der Waals surface area contributed by atoms with Crippen LogP contribution in [0.3, 0.4) is 0 Å². The Morgan fingerprint density at radius 3 is 2.73 bits per heavy atom. The number of nitrogens with one attached hydrogen (secondary N) is 1. The molecule has 0 saturated heterocycles. The summed E-state index contributed by atoms with van der Waals surface area (Å²) in [6.45, 7) is 0. The Labute approximate surface area is 162 Å². The number of aromatic nitrogens is 3. The van der Waals surface area contributed by atoms with Crippen LogP contribution in [0.2, 0.25) is 0 Å². The SMILES string of the molecule is CSc1nc(N/C=C(\C#N)[S+](=O)([O-])C2=C(Cl)CCCC2)nc(C2CC2)n1. The number of hydrogen-bond donors (Lipinski definition) is 1. The Bertz CT molecular complexity index is 861. The van der Waals surface area contributed by atoms with Crippen molar-refractivity contribution >= 4 is 39.5 Å². The molecule has 0 aromatic carbocycles. The van der Waals surface area contributed by atoms with E-state index in [1.165, 1.54) is 11.8 Å². The number of halogens is 1. The summed E-state index contributed by atoms with van der Waals surface area (Å²) in [5.41, 5.74) is 0. The highest BCUT2D eigenvalue weighted by atomic mass is 35.5. The number of rotatable bonds is 6. The van der Waals surface area contributed by atoms with Crippen LogP contribution in [0.25, 0.3) is 0 Å². The third-order valence-corrected chi connectivity index (χ3v) is 7.13. The van der Waals surface area contributed by atoms with Crippen molar-refractivity contribution in [2.24, 2.45) is 0 Å². The van der Waals surface area contributed by atoms with Gasteiger partial charge >= 0.3 is 0 Å². The fourth-order valence-electron chi connectivity index (χ4n) is 2.61. The highest BCUT2D eigenvalue weighted by molar-refractivity contribution is 8.05. The van der Waals surface area contributed by atoms with Gasteiger partial charge in [0.15, 0.2) is 16.1 Å². The maximum atomic E-state index is 12.7. The van der Waals surface area contributed by atoms with Crippen LogP contribution in [0.1, 0.15) is 50.3 Å². The molecule has 1 fully saturated rings. The molecule has 2 aliphatic rings. The first-order valence-corrected chi connectivity index (χ1v) is 11.3. The summed E-state index contributed by atoms with van der Waals surface area (Å²) in [6.07, 6.45) is 7.55. The molecule has 1 atom stereocenters. The van der Waals surface area contributed by atoms with Gasteiger partial charge in [-0.05, 0) is 38.4 Å². The van der Waals surface area contributed by atoms with E-state index in [0.717, 1.165) is 31.9 Å². The Morgan fingerprint density at radius 2 is 2.12 bits per heavy atom. The fourth-order valence-corrected chi connectivity index (χ4v) is 4.91. The predicted molar refractivity (Wildman–Crippen MR) is 101 cm³/mol. The predicted octanol–water partition coefficient (Wildman–Crippen LogP) is 3.90. The molecule has 0 aliphatic heterocycles. The third-order valence-electron chi connectivity index (χ3n) is 4.17. The molecule has 0 amide bonds. The molecule has 1 aromatic rings. The topological polar surface area (TPSA) is 115 Å². The van der Waals surface area contributed by atoms with Gasteiger partial charge in [0.05, 0.1) is 11.2 Å². The van der Waals surface area contributed by atoms with E-state index in [4.69, 9.17) is 11.6 Å². The van der Waals surface area contributed by atoms with Crippen molar-refractivity contribution in [1.82, 2.24) is 15.0 Å². The monoisotopic (exact) mass is 411 g/mol. The van der Waals surface area contributed by atoms with Crippen molar-refractivity contribution < 1.29 is 8.76 Å². The molecular weight excluding hydrogens is 394 g/mol. The minimum Gasteiger partial charge on any atom is -0.605 e. The molecule has 1 N–H and O–H groups in total. The first-order chi connectivity index (χ1) is 12.5. The number of thioether (sulfide) groups is 1. The van der Waals surface area contributed by atoms with Gasteiger partial charge in [-0.3, -0.25) is 0 Å². The Hall–Kier alpha value is -1.47. The molecule has 0 bridgehead atoms. The van der Waals surface area contributed by atoms with Crippen molar-refractivity contribution in [2.45, 2.75) is 49.6 Å². The summed E-state index contributed by atoms with van der Waals surface area (Å²) < 4.78 is 25.5. The Kier molecular flexibility index (Phi) is 5.97. The molecule has 1 saturated carbocycles. The van der Waals surface area contributed by atoms with Gasteiger partial charge in [-0.2, -0.15) is 15.2 Å². The van der Waals surface area contributed by atoms with E-state index in [1.54, 1.807) is 6.07 Å². The first kappa shape index (κ1) is 19.3. The van der Waals surface area contributed by atoms with E-state index in [2.05, 4.69) is 20.3 Å². The van der Waals surface area contributed by atoms with Gasteiger partial charge in [0.25, 0.3) is 4.91 Å². The maximum Gasteiger partial charge on any atom is 0.253 e. The van der Waals surface area contributed by atoms with Crippen molar-refractivity contribution in [3.05, 3.63) is 26.9 Å². The molecule has 7 nitrogen and oxygen atoms in total. The molecule has 0 spiro atoms. The molecule has 1 aromatic heterocycles. The van der Waals surface area contributed by atoms with Crippen LogP contribution in [0.5, 0.6) is 0 Å². The summed E-state index contributed by atoms with van der Waals surface area (Å²) >= 11 is 7.48. The lowest BCUT2D eigenvalue weighted by atomic mass is 10.1. The lowest BCUT2D eigenvalue weighted by Gasteiger charge is -2.20. The summed E-state index contributed by atoms with van der Waals surface area (Å²) in [5.74, 6) is 1.26. The molecule has 138 valence electrons. The quantitative estimate of drug-likeness (QED) is 0.425. The van der Waals surface area contributed by atoms with Gasteiger partial charge in [0.2, 0.25) is 5.95 Å². The van der Waals surface area contributed by atoms with Crippen LogP contribution in [-0.2, 0) is 14.4 Å². The standard InChI is InChI=1S/C16H18ClN5O2S2/c1-25-16-21-14(10-6-7-10)20-15(22-16)19-9-11(8-18)26(23,24)13-5-3-2-4-12(13)17/h9-10H,2-7H2,1H3,(H-,19,20,21,22,23,24)/b11-9+. The second kappa shape index (κ2) is 8.05. The lowest BCUT2D eigenvalue weighted by Crippen LogP contribution is -2.19. The second-order valence-corrected chi connectivity index (χ2v) is 9.25. The van der Waals surface area contributed by atoms with Crippen molar-refractivity contribution in [3.8, 4) is 6.07 Å². The Balaban J connectivity index is 1.87. The largest absolute Gasteiger partial charge is 0.605 e. The normalized spacial score (nSPS) is 20.5. The first-order valence-electron chi connectivity index (χ1n) is 8.25. The molecule has 26 heavy (non-hydrogen) atoms. The number of nitrogens with zero attached hydrogens (tertiary/aromatic N) is 4. The zero-order valence-corrected chi connectivity index (χ0v) is 16.6. The average Bonchev–Trinajstić information content (AvgIpc) is 3.47. The highest BCUT2D eigenvalue weighted by Gasteiger charge is 2.34. The molecule has 3 rings (SSSR count). The second-order valence-electron chi connectivity index (χ2n) is 6.08. The number of hydrogen-bond acceptors (Lipinski definition) is 8. The van der Waals surface area contributed by atoms with Crippen molar-refractivity contribution in [3.63, 3.8) is 0 Å². The Morgan fingerprint density at radius 1 is 1.38 bits per heavy atom. The van der Waals surface area contributed by atoms with Crippen LogP contribution in [0.15, 0.2) is 26.2 Å². The lowest BCUT2D eigenvalue weighted by molar-refractivity contribution is 0.488. The van der Waals surface area contributed by atoms with Crippen LogP contribution in [0, 0.1) is 11.3 Å². The van der Waals surface area contributed by atoms with Crippen molar-refractivity contribution in [1.29, 1.82) is 5.26 Å². The summed E-state index contributed by atoms with van der Waals surface area (Å²) in [5, 5.41) is 13.0. The molecule has 1 heterocycles. The molecular formula is C16H18ClN5O2S2. The van der Waals surface area contributed by atoms with Gasteiger partial charge in [-0.15, -0.1) is 0 Å². The van der Waals surface area contributed by atoms with Gasteiger partial charge in [-0.25, -0.2) is 4.98 Å². The van der Waals surface area contributed by atoms with Gasteiger partial charge < -0.3 is 9.87 Å². The zero-order valence-electron chi connectivity index (χ0n) is 14.2. The molecule has 10 heteroatoms. The fraction of sp³-hybridized carbons (Fsp3) is 0.500. The van der Waals surface area contributed by atoms with Gasteiger partial charge in [0, 0.05) is 12.3 Å². The van der Waals surface area contributed by atoms with E-state index in [-0.39, 0.29) is 10.9 Å². The van der Waals surface area contributed by atoms with Crippen LogP contribution < -0.4 is 5.32 Å². The van der Waals surface area contributed by atoms with E-state index in [9.17, 15) is 14.0 Å². The summed E-state index contributed by atoms with van der Waals surface area (Å²) in [7, 11) is -3.91. The van der Waals surface area contributed by atoms with Gasteiger partial charge in [-0.1, -0.05) is 27.6 Å². The molecule has 1 unspecified atom stereocenters. The summed E-state index contributed by atoms with van der Waals surface area (Å²) in [6, 6.07) is 1.75. The van der Waals surface area contributed by atoms with E-state index in [0.29, 0.717) is 34.8 Å². The van der Waals surface area contributed by atoms with E-state index < -0.39 is 15.1 Å². The average molecular weight is 412 g/mol. The van der Waals surface area contributed by atoms with Crippen molar-refractivity contribution in [2.75, 3.05) is 11.6 Å². The van der Waals surface area contributed by atoms with Gasteiger partial charge in [0.1, 0.15) is 16.0 Å². The smallest absolute Gasteiger partial charge is 0.253 e. The highest BCUT2D eigenvalue weighted by Crippen LogP contribution is 2.39. The van der Waals surface area contributed by atoms with E-state index in [1.807, 2.05) is 6.26 Å².